The van der Waals surface area contributed by atoms with Gasteiger partial charge in [0.2, 0.25) is 5.92 Å². The molecule has 0 amide bonds. The van der Waals surface area contributed by atoms with Crippen molar-refractivity contribution in [1.82, 2.24) is 10.3 Å². The highest BCUT2D eigenvalue weighted by atomic mass is 35.5. The first kappa shape index (κ1) is 14.2. The van der Waals surface area contributed by atoms with E-state index in [0.717, 1.165) is 15.8 Å². The Balaban J connectivity index is 1.60. The highest BCUT2D eigenvalue weighted by Crippen LogP contribution is 2.33. The minimum atomic E-state index is -2.46. The summed E-state index contributed by atoms with van der Waals surface area (Å²) in [5.41, 5.74) is 2.01. The van der Waals surface area contributed by atoms with Gasteiger partial charge in [0.05, 0.1) is 10.2 Å². The summed E-state index contributed by atoms with van der Waals surface area (Å²) in [5, 5.41) is 3.36. The topological polar surface area (TPSA) is 24.9 Å². The predicted octanol–water partition coefficient (Wildman–Crippen LogP) is 4.62. The normalized spacial score (nSPS) is 19.6. The van der Waals surface area contributed by atoms with Gasteiger partial charge in [0, 0.05) is 25.4 Å². The van der Waals surface area contributed by atoms with Gasteiger partial charge < -0.3 is 5.32 Å². The quantitative estimate of drug-likeness (QED) is 0.894. The van der Waals surface area contributed by atoms with E-state index in [1.165, 1.54) is 11.3 Å². The van der Waals surface area contributed by atoms with Gasteiger partial charge in [-0.05, 0) is 30.5 Å². The molecular weight excluding hydrogens is 302 g/mol. The first-order valence-electron chi connectivity index (χ1n) is 6.68. The predicted molar refractivity (Wildman–Crippen MR) is 78.7 cm³/mol. The number of aromatic nitrogens is 1. The van der Waals surface area contributed by atoms with Crippen molar-refractivity contribution in [2.75, 3.05) is 0 Å². The van der Waals surface area contributed by atoms with Crippen LogP contribution in [0.15, 0.2) is 18.2 Å². The van der Waals surface area contributed by atoms with Gasteiger partial charge in [-0.25, -0.2) is 13.8 Å². The molecule has 1 aromatic carbocycles. The molecule has 1 fully saturated rings. The molecule has 2 aromatic rings. The van der Waals surface area contributed by atoms with E-state index in [4.69, 9.17) is 11.6 Å². The van der Waals surface area contributed by atoms with E-state index in [-0.39, 0.29) is 18.9 Å². The summed E-state index contributed by atoms with van der Waals surface area (Å²) in [6, 6.07) is 6.22. The van der Waals surface area contributed by atoms with Crippen LogP contribution in [0.1, 0.15) is 31.2 Å². The van der Waals surface area contributed by atoms with Crippen molar-refractivity contribution in [2.24, 2.45) is 0 Å². The van der Waals surface area contributed by atoms with Crippen LogP contribution in [-0.4, -0.2) is 16.9 Å². The number of rotatable bonds is 3. The average Bonchev–Trinajstić information content (AvgIpc) is 2.77. The van der Waals surface area contributed by atoms with Crippen LogP contribution in [0.5, 0.6) is 0 Å². The summed E-state index contributed by atoms with van der Waals surface area (Å²) in [4.78, 5) is 4.24. The Morgan fingerprint density at radius 3 is 2.85 bits per heavy atom. The third kappa shape index (κ3) is 3.27. The van der Waals surface area contributed by atoms with Gasteiger partial charge in [-0.2, -0.15) is 0 Å². The molecule has 20 heavy (non-hydrogen) atoms. The molecule has 0 saturated heterocycles. The van der Waals surface area contributed by atoms with Crippen LogP contribution >= 0.6 is 22.9 Å². The zero-order valence-electron chi connectivity index (χ0n) is 10.8. The highest BCUT2D eigenvalue weighted by molar-refractivity contribution is 7.22. The lowest BCUT2D eigenvalue weighted by Gasteiger charge is -2.28. The van der Waals surface area contributed by atoms with Crippen molar-refractivity contribution in [1.29, 1.82) is 0 Å². The molecule has 3 rings (SSSR count). The Morgan fingerprint density at radius 1 is 1.35 bits per heavy atom. The van der Waals surface area contributed by atoms with Crippen LogP contribution in [0.3, 0.4) is 0 Å². The summed E-state index contributed by atoms with van der Waals surface area (Å²) >= 11 is 7.34. The third-order valence-electron chi connectivity index (χ3n) is 3.74. The molecule has 0 aliphatic heterocycles. The SMILES string of the molecule is FC1(F)CCC(NCc2ccc3sc(Cl)nc3c2)CC1. The zero-order chi connectivity index (χ0) is 14.2. The van der Waals surface area contributed by atoms with Gasteiger partial charge in [-0.1, -0.05) is 17.7 Å². The summed E-state index contributed by atoms with van der Waals surface area (Å²) in [7, 11) is 0. The van der Waals surface area contributed by atoms with Crippen LogP contribution < -0.4 is 5.32 Å². The molecule has 2 nitrogen and oxygen atoms in total. The van der Waals surface area contributed by atoms with Crippen molar-refractivity contribution in [3.8, 4) is 0 Å². The number of alkyl halides is 2. The van der Waals surface area contributed by atoms with Crippen molar-refractivity contribution in [2.45, 2.75) is 44.2 Å². The minimum absolute atomic E-state index is 0.00854. The van der Waals surface area contributed by atoms with E-state index < -0.39 is 5.92 Å². The Kier molecular flexibility index (Phi) is 3.93. The Hall–Kier alpha value is -0.780. The van der Waals surface area contributed by atoms with Crippen LogP contribution in [0, 0.1) is 0 Å². The van der Waals surface area contributed by atoms with Crippen LogP contribution in [0.25, 0.3) is 10.2 Å². The van der Waals surface area contributed by atoms with Crippen molar-refractivity contribution in [3.63, 3.8) is 0 Å². The second kappa shape index (κ2) is 5.54. The largest absolute Gasteiger partial charge is 0.310 e. The van der Waals surface area contributed by atoms with E-state index in [9.17, 15) is 8.78 Å². The van der Waals surface area contributed by atoms with Gasteiger partial charge >= 0.3 is 0 Å². The van der Waals surface area contributed by atoms with Gasteiger partial charge in [-0.3, -0.25) is 0 Å². The maximum atomic E-state index is 13.1. The number of hydrogen-bond donors (Lipinski definition) is 1. The number of benzene rings is 1. The van der Waals surface area contributed by atoms with Gasteiger partial charge in [-0.15, -0.1) is 11.3 Å². The molecule has 1 heterocycles. The number of nitrogens with one attached hydrogen (secondary N) is 1. The first-order valence-corrected chi connectivity index (χ1v) is 7.87. The second-order valence-electron chi connectivity index (χ2n) is 5.28. The fourth-order valence-corrected chi connectivity index (χ4v) is 3.57. The maximum absolute atomic E-state index is 13.1. The molecule has 1 aliphatic carbocycles. The molecule has 0 radical (unpaired) electrons. The zero-order valence-corrected chi connectivity index (χ0v) is 12.4. The molecule has 1 N–H and O–H groups in total. The Bertz CT molecular complexity index is 604. The Morgan fingerprint density at radius 2 is 2.10 bits per heavy atom. The summed E-state index contributed by atoms with van der Waals surface area (Å²) in [6.45, 7) is 0.682. The molecule has 108 valence electrons. The highest BCUT2D eigenvalue weighted by Gasteiger charge is 2.34. The van der Waals surface area contributed by atoms with E-state index in [1.807, 2.05) is 18.2 Å². The molecule has 1 aliphatic rings. The lowest BCUT2D eigenvalue weighted by molar-refractivity contribution is -0.0405. The molecule has 1 aromatic heterocycles. The van der Waals surface area contributed by atoms with Crippen molar-refractivity contribution in [3.05, 3.63) is 28.2 Å². The molecule has 1 saturated carbocycles. The molecule has 0 spiro atoms. The van der Waals surface area contributed by atoms with Gasteiger partial charge in [0.1, 0.15) is 0 Å². The molecular formula is C14H15ClF2N2S. The fourth-order valence-electron chi connectivity index (χ4n) is 2.56. The standard InChI is InChI=1S/C14H15ClF2N2S/c15-13-19-11-7-9(1-2-12(11)20-13)8-18-10-3-5-14(16,17)6-4-10/h1-2,7,10,18H,3-6,8H2. The smallest absolute Gasteiger partial charge is 0.248 e. The lowest BCUT2D eigenvalue weighted by Crippen LogP contribution is -2.36. The first-order chi connectivity index (χ1) is 9.52. The minimum Gasteiger partial charge on any atom is -0.310 e. The fraction of sp³-hybridized carbons (Fsp3) is 0.500. The number of fused-ring (bicyclic) bond motifs is 1. The van der Waals surface area contributed by atoms with Crippen LogP contribution in [0.4, 0.5) is 8.78 Å². The molecule has 0 atom stereocenters. The number of thiazole rings is 1. The van der Waals surface area contributed by atoms with E-state index in [1.54, 1.807) is 0 Å². The number of nitrogens with zero attached hydrogens (tertiary/aromatic N) is 1. The second-order valence-corrected chi connectivity index (χ2v) is 6.89. The molecule has 0 bridgehead atoms. The monoisotopic (exact) mass is 316 g/mol. The van der Waals surface area contributed by atoms with E-state index in [2.05, 4.69) is 10.3 Å². The molecule has 6 heteroatoms. The maximum Gasteiger partial charge on any atom is 0.248 e. The Labute approximate surface area is 125 Å². The summed E-state index contributed by atoms with van der Waals surface area (Å²) in [6.07, 6.45) is 1.06. The molecule has 0 unspecified atom stereocenters. The van der Waals surface area contributed by atoms with E-state index >= 15 is 0 Å². The number of halogens is 3. The average molecular weight is 317 g/mol. The van der Waals surface area contributed by atoms with Gasteiger partial charge in [0.25, 0.3) is 0 Å². The summed E-state index contributed by atoms with van der Waals surface area (Å²) < 4.78 is 27.7. The van der Waals surface area contributed by atoms with E-state index in [0.29, 0.717) is 23.9 Å². The van der Waals surface area contributed by atoms with Gasteiger partial charge in [0.15, 0.2) is 4.47 Å². The third-order valence-corrected chi connectivity index (χ3v) is 4.88. The lowest BCUT2D eigenvalue weighted by atomic mass is 9.92. The van der Waals surface area contributed by atoms with Crippen LogP contribution in [0.2, 0.25) is 4.47 Å². The van der Waals surface area contributed by atoms with Crippen molar-refractivity contribution >= 4 is 33.2 Å². The number of hydrogen-bond acceptors (Lipinski definition) is 3. The van der Waals surface area contributed by atoms with Crippen LogP contribution in [-0.2, 0) is 6.54 Å². The summed E-state index contributed by atoms with van der Waals surface area (Å²) in [5.74, 6) is -2.46. The van der Waals surface area contributed by atoms with Crippen molar-refractivity contribution < 1.29 is 8.78 Å².